The molecule has 16 heavy (non-hydrogen) atoms. The zero-order chi connectivity index (χ0) is 11.4. The lowest BCUT2D eigenvalue weighted by atomic mass is 10.3. The Bertz CT molecular complexity index is 517. The molecule has 2 heterocycles. The molecule has 0 spiro atoms. The van der Waals surface area contributed by atoms with Gasteiger partial charge in [-0.3, -0.25) is 4.79 Å². The summed E-state index contributed by atoms with van der Waals surface area (Å²) >= 11 is 0. The predicted octanol–water partition coefficient (Wildman–Crippen LogP) is 0.534. The molecule has 0 radical (unpaired) electrons. The van der Waals surface area contributed by atoms with Crippen molar-refractivity contribution in [3.8, 4) is 11.5 Å². The number of pyridine rings is 1. The van der Waals surface area contributed by atoms with Crippen molar-refractivity contribution in [1.29, 1.82) is 0 Å². The fourth-order valence-electron chi connectivity index (χ4n) is 1.26. The summed E-state index contributed by atoms with van der Waals surface area (Å²) in [6, 6.07) is 3.14. The van der Waals surface area contributed by atoms with Crippen LogP contribution in [-0.2, 0) is 6.54 Å². The van der Waals surface area contributed by atoms with Gasteiger partial charge < -0.3 is 14.8 Å². The molecule has 0 aromatic carbocycles. The summed E-state index contributed by atoms with van der Waals surface area (Å²) in [6.07, 6.45) is 1.55. The van der Waals surface area contributed by atoms with Crippen molar-refractivity contribution in [1.82, 2.24) is 20.4 Å². The summed E-state index contributed by atoms with van der Waals surface area (Å²) in [5.41, 5.74) is 0.433. The molecule has 6 heteroatoms. The molecular formula is C10H12N4O2. The SMILES string of the molecule is CCNCc1noc(-c2cc[nH]c(=O)c2)n1. The molecule has 2 N–H and O–H groups in total. The summed E-state index contributed by atoms with van der Waals surface area (Å²) in [7, 11) is 0. The Morgan fingerprint density at radius 1 is 1.56 bits per heavy atom. The molecular weight excluding hydrogens is 208 g/mol. The van der Waals surface area contributed by atoms with Gasteiger partial charge in [0.15, 0.2) is 5.82 Å². The van der Waals surface area contributed by atoms with E-state index in [-0.39, 0.29) is 5.56 Å². The summed E-state index contributed by atoms with van der Waals surface area (Å²) in [5, 5.41) is 6.89. The second-order valence-corrected chi connectivity index (χ2v) is 3.24. The average Bonchev–Trinajstić information content (AvgIpc) is 2.75. The van der Waals surface area contributed by atoms with Crippen LogP contribution in [0, 0.1) is 0 Å². The average molecular weight is 220 g/mol. The fraction of sp³-hybridized carbons (Fsp3) is 0.300. The number of nitrogens with zero attached hydrogens (tertiary/aromatic N) is 2. The van der Waals surface area contributed by atoms with Gasteiger partial charge in [-0.15, -0.1) is 0 Å². The number of aromatic nitrogens is 3. The number of H-pyrrole nitrogens is 1. The summed E-state index contributed by atoms with van der Waals surface area (Å²) < 4.78 is 5.05. The van der Waals surface area contributed by atoms with Crippen molar-refractivity contribution in [3.05, 3.63) is 34.5 Å². The van der Waals surface area contributed by atoms with Crippen molar-refractivity contribution in [2.24, 2.45) is 0 Å². The summed E-state index contributed by atoms with van der Waals surface area (Å²) in [4.78, 5) is 17.8. The van der Waals surface area contributed by atoms with Crippen molar-refractivity contribution in [2.75, 3.05) is 6.54 Å². The first-order valence-electron chi connectivity index (χ1n) is 5.02. The zero-order valence-electron chi connectivity index (χ0n) is 8.86. The molecule has 2 aromatic rings. The number of rotatable bonds is 4. The molecule has 2 rings (SSSR count). The molecule has 0 bridgehead atoms. The van der Waals surface area contributed by atoms with Gasteiger partial charge >= 0.3 is 0 Å². The van der Waals surface area contributed by atoms with Crippen LogP contribution in [0.5, 0.6) is 0 Å². The Kier molecular flexibility index (Phi) is 3.11. The third kappa shape index (κ3) is 2.34. The van der Waals surface area contributed by atoms with E-state index in [1.54, 1.807) is 12.3 Å². The third-order valence-electron chi connectivity index (χ3n) is 2.02. The molecule has 2 aromatic heterocycles. The van der Waals surface area contributed by atoms with E-state index in [0.717, 1.165) is 6.54 Å². The first kappa shape index (κ1) is 10.6. The smallest absolute Gasteiger partial charge is 0.258 e. The maximum atomic E-state index is 11.1. The Hall–Kier alpha value is -1.95. The quantitative estimate of drug-likeness (QED) is 0.785. The number of hydrogen-bond acceptors (Lipinski definition) is 5. The Morgan fingerprint density at radius 2 is 2.44 bits per heavy atom. The first-order chi connectivity index (χ1) is 7.79. The minimum Gasteiger partial charge on any atom is -0.334 e. The Morgan fingerprint density at radius 3 is 3.19 bits per heavy atom. The monoisotopic (exact) mass is 220 g/mol. The Balaban J connectivity index is 2.21. The molecule has 6 nitrogen and oxygen atoms in total. The molecule has 0 fully saturated rings. The minimum absolute atomic E-state index is 0.191. The van der Waals surface area contributed by atoms with E-state index in [0.29, 0.717) is 23.8 Å². The lowest BCUT2D eigenvalue weighted by molar-refractivity contribution is 0.420. The molecule has 0 aliphatic rings. The van der Waals surface area contributed by atoms with Gasteiger partial charge in [-0.1, -0.05) is 12.1 Å². The molecule has 0 aliphatic heterocycles. The van der Waals surface area contributed by atoms with Gasteiger partial charge in [0.25, 0.3) is 5.89 Å². The van der Waals surface area contributed by atoms with Crippen molar-refractivity contribution in [2.45, 2.75) is 13.5 Å². The lowest BCUT2D eigenvalue weighted by Gasteiger charge is -1.92. The van der Waals surface area contributed by atoms with E-state index < -0.39 is 0 Å². The van der Waals surface area contributed by atoms with Crippen molar-refractivity contribution in [3.63, 3.8) is 0 Å². The maximum Gasteiger partial charge on any atom is 0.258 e. The van der Waals surface area contributed by atoms with Gasteiger partial charge in [0.1, 0.15) is 0 Å². The standard InChI is InChI=1S/C10H12N4O2/c1-2-11-6-8-13-10(16-14-8)7-3-4-12-9(15)5-7/h3-5,11H,2,6H2,1H3,(H,12,15). The fourth-order valence-corrected chi connectivity index (χ4v) is 1.26. The predicted molar refractivity (Wildman–Crippen MR) is 57.7 cm³/mol. The van der Waals surface area contributed by atoms with Crippen LogP contribution in [0.25, 0.3) is 11.5 Å². The van der Waals surface area contributed by atoms with Gasteiger partial charge in [0, 0.05) is 17.8 Å². The molecule has 0 atom stereocenters. The molecule has 84 valence electrons. The van der Waals surface area contributed by atoms with Crippen LogP contribution in [0.2, 0.25) is 0 Å². The van der Waals surface area contributed by atoms with Gasteiger partial charge in [-0.05, 0) is 12.6 Å². The van der Waals surface area contributed by atoms with Crippen LogP contribution in [0.15, 0.2) is 27.6 Å². The van der Waals surface area contributed by atoms with E-state index in [2.05, 4.69) is 20.4 Å². The largest absolute Gasteiger partial charge is 0.334 e. The second-order valence-electron chi connectivity index (χ2n) is 3.24. The van der Waals surface area contributed by atoms with E-state index in [4.69, 9.17) is 4.52 Å². The van der Waals surface area contributed by atoms with Crippen LogP contribution in [0.3, 0.4) is 0 Å². The lowest BCUT2D eigenvalue weighted by Crippen LogP contribution is -2.12. The number of nitrogens with one attached hydrogen (secondary N) is 2. The highest BCUT2D eigenvalue weighted by Crippen LogP contribution is 2.13. The number of hydrogen-bond donors (Lipinski definition) is 2. The van der Waals surface area contributed by atoms with E-state index >= 15 is 0 Å². The third-order valence-corrected chi connectivity index (χ3v) is 2.02. The van der Waals surface area contributed by atoms with Gasteiger partial charge in [-0.2, -0.15) is 4.98 Å². The first-order valence-corrected chi connectivity index (χ1v) is 5.02. The van der Waals surface area contributed by atoms with E-state index in [1.165, 1.54) is 6.07 Å². The zero-order valence-corrected chi connectivity index (χ0v) is 8.86. The maximum absolute atomic E-state index is 11.1. The summed E-state index contributed by atoms with van der Waals surface area (Å²) in [5.74, 6) is 0.941. The van der Waals surface area contributed by atoms with Crippen LogP contribution in [0.1, 0.15) is 12.7 Å². The van der Waals surface area contributed by atoms with E-state index in [1.807, 2.05) is 6.92 Å². The van der Waals surface area contributed by atoms with Crippen molar-refractivity contribution >= 4 is 0 Å². The Labute approximate surface area is 91.7 Å². The molecule has 0 aliphatic carbocycles. The second kappa shape index (κ2) is 4.71. The van der Waals surface area contributed by atoms with Crippen molar-refractivity contribution < 1.29 is 4.52 Å². The van der Waals surface area contributed by atoms with Crippen LogP contribution >= 0.6 is 0 Å². The topological polar surface area (TPSA) is 83.8 Å². The number of aromatic amines is 1. The highest BCUT2D eigenvalue weighted by Gasteiger charge is 2.08. The summed E-state index contributed by atoms with van der Waals surface area (Å²) in [6.45, 7) is 3.40. The van der Waals surface area contributed by atoms with Gasteiger partial charge in [0.2, 0.25) is 5.56 Å². The normalized spacial score (nSPS) is 10.6. The van der Waals surface area contributed by atoms with Crippen LogP contribution < -0.4 is 10.9 Å². The highest BCUT2D eigenvalue weighted by atomic mass is 16.5. The molecule has 0 unspecified atom stereocenters. The highest BCUT2D eigenvalue weighted by molar-refractivity contribution is 5.50. The van der Waals surface area contributed by atoms with E-state index in [9.17, 15) is 4.79 Å². The van der Waals surface area contributed by atoms with Gasteiger partial charge in [0.05, 0.1) is 6.54 Å². The van der Waals surface area contributed by atoms with Gasteiger partial charge in [-0.25, -0.2) is 0 Å². The van der Waals surface area contributed by atoms with Crippen LogP contribution in [0.4, 0.5) is 0 Å². The molecule has 0 saturated carbocycles. The van der Waals surface area contributed by atoms with Crippen LogP contribution in [-0.4, -0.2) is 21.7 Å². The molecule has 0 saturated heterocycles. The molecule has 0 amide bonds. The minimum atomic E-state index is -0.191.